The van der Waals surface area contributed by atoms with Gasteiger partial charge in [-0.25, -0.2) is 5.48 Å². The van der Waals surface area contributed by atoms with Crippen LogP contribution in [-0.4, -0.2) is 11.1 Å². The topological polar surface area (TPSA) is 49.3 Å². The van der Waals surface area contributed by atoms with Crippen molar-refractivity contribution in [3.8, 4) is 11.1 Å². The summed E-state index contributed by atoms with van der Waals surface area (Å²) in [4.78, 5) is 11.8. The maximum absolute atomic E-state index is 11.8. The second kappa shape index (κ2) is 5.47. The second-order valence-electron chi connectivity index (χ2n) is 5.82. The van der Waals surface area contributed by atoms with Crippen LogP contribution < -0.4 is 5.48 Å². The van der Waals surface area contributed by atoms with Crippen molar-refractivity contribution in [2.24, 2.45) is 0 Å². The molecule has 0 spiro atoms. The van der Waals surface area contributed by atoms with E-state index in [0.29, 0.717) is 5.56 Å². The fraction of sp³-hybridized carbons (Fsp3) is 0.235. The summed E-state index contributed by atoms with van der Waals surface area (Å²) in [5.74, 6) is -0.496. The van der Waals surface area contributed by atoms with Crippen LogP contribution in [0.5, 0.6) is 0 Å². The van der Waals surface area contributed by atoms with Crippen LogP contribution in [0.15, 0.2) is 48.5 Å². The highest BCUT2D eigenvalue weighted by atomic mass is 16.5. The van der Waals surface area contributed by atoms with Crippen LogP contribution in [0.2, 0.25) is 0 Å². The number of hydrogen-bond acceptors (Lipinski definition) is 2. The summed E-state index contributed by atoms with van der Waals surface area (Å²) in [6, 6.07) is 15.4. The van der Waals surface area contributed by atoms with E-state index in [1.54, 1.807) is 11.5 Å². The van der Waals surface area contributed by atoms with E-state index in [4.69, 9.17) is 5.21 Å². The monoisotopic (exact) mass is 269 g/mol. The minimum absolute atomic E-state index is 0.00223. The van der Waals surface area contributed by atoms with Crippen LogP contribution in [0.1, 0.15) is 36.7 Å². The molecule has 0 saturated heterocycles. The molecule has 3 nitrogen and oxygen atoms in total. The van der Waals surface area contributed by atoms with E-state index >= 15 is 0 Å². The molecule has 2 aromatic rings. The Bertz CT molecular complexity index is 613. The van der Waals surface area contributed by atoms with E-state index < -0.39 is 5.91 Å². The number of hydrogen-bond donors (Lipinski definition) is 2. The van der Waals surface area contributed by atoms with Crippen LogP contribution in [0, 0.1) is 0 Å². The molecule has 0 bridgehead atoms. The Balaban J connectivity index is 2.64. The van der Waals surface area contributed by atoms with Gasteiger partial charge in [-0.1, -0.05) is 57.2 Å². The molecule has 0 fully saturated rings. The number of benzene rings is 2. The average Bonchev–Trinajstić information content (AvgIpc) is 2.46. The summed E-state index contributed by atoms with van der Waals surface area (Å²) >= 11 is 0. The molecule has 2 N–H and O–H groups in total. The van der Waals surface area contributed by atoms with Gasteiger partial charge in [0, 0.05) is 5.56 Å². The molecule has 20 heavy (non-hydrogen) atoms. The fourth-order valence-electron chi connectivity index (χ4n) is 2.13. The summed E-state index contributed by atoms with van der Waals surface area (Å²) in [6.45, 7) is 6.38. The standard InChI is InChI=1S/C17H19NO2/c1-17(2,3)13-9-10-14(16(19)18-20)15(11-13)12-7-5-4-6-8-12/h4-11,20H,1-3H3,(H,18,19). The second-order valence-corrected chi connectivity index (χ2v) is 5.82. The van der Waals surface area contributed by atoms with E-state index in [9.17, 15) is 4.79 Å². The summed E-state index contributed by atoms with van der Waals surface area (Å²) in [5.41, 5.74) is 5.10. The number of carbonyl (C=O) groups excluding carboxylic acids is 1. The van der Waals surface area contributed by atoms with Gasteiger partial charge in [-0.05, 0) is 34.2 Å². The number of carbonyl (C=O) groups is 1. The zero-order chi connectivity index (χ0) is 14.8. The average molecular weight is 269 g/mol. The first-order chi connectivity index (χ1) is 9.43. The van der Waals surface area contributed by atoms with E-state index in [-0.39, 0.29) is 5.41 Å². The third kappa shape index (κ3) is 2.89. The number of amides is 1. The molecule has 0 saturated carbocycles. The molecule has 0 unspecified atom stereocenters. The Labute approximate surface area is 119 Å². The molecule has 0 radical (unpaired) electrons. The fourth-order valence-corrected chi connectivity index (χ4v) is 2.13. The van der Waals surface area contributed by atoms with Gasteiger partial charge in [0.25, 0.3) is 5.91 Å². The van der Waals surface area contributed by atoms with Crippen LogP contribution in [0.25, 0.3) is 11.1 Å². The maximum atomic E-state index is 11.8. The summed E-state index contributed by atoms with van der Waals surface area (Å²) in [6.07, 6.45) is 0. The minimum Gasteiger partial charge on any atom is -0.288 e. The van der Waals surface area contributed by atoms with Gasteiger partial charge in [0.1, 0.15) is 0 Å². The van der Waals surface area contributed by atoms with Crippen LogP contribution >= 0.6 is 0 Å². The molecule has 0 atom stereocenters. The summed E-state index contributed by atoms with van der Waals surface area (Å²) in [7, 11) is 0. The summed E-state index contributed by atoms with van der Waals surface area (Å²) in [5, 5.41) is 8.89. The number of rotatable bonds is 2. The van der Waals surface area contributed by atoms with Crippen LogP contribution in [0.4, 0.5) is 0 Å². The van der Waals surface area contributed by atoms with Gasteiger partial charge < -0.3 is 0 Å². The smallest absolute Gasteiger partial charge is 0.275 e. The quantitative estimate of drug-likeness (QED) is 0.644. The van der Waals surface area contributed by atoms with E-state index in [2.05, 4.69) is 20.8 Å². The van der Waals surface area contributed by atoms with Gasteiger partial charge in [-0.3, -0.25) is 10.0 Å². The van der Waals surface area contributed by atoms with E-state index in [1.807, 2.05) is 42.5 Å². The lowest BCUT2D eigenvalue weighted by molar-refractivity contribution is 0.0707. The van der Waals surface area contributed by atoms with Crippen molar-refractivity contribution in [3.05, 3.63) is 59.7 Å². The maximum Gasteiger partial charge on any atom is 0.275 e. The number of nitrogens with one attached hydrogen (secondary N) is 1. The Kier molecular flexibility index (Phi) is 3.91. The van der Waals surface area contributed by atoms with E-state index in [1.165, 1.54) is 0 Å². The normalized spacial score (nSPS) is 11.2. The molecule has 104 valence electrons. The van der Waals surface area contributed by atoms with Crippen molar-refractivity contribution in [1.82, 2.24) is 5.48 Å². The molecule has 0 aliphatic carbocycles. The first kappa shape index (κ1) is 14.3. The lowest BCUT2D eigenvalue weighted by Crippen LogP contribution is -2.20. The first-order valence-corrected chi connectivity index (χ1v) is 6.58. The molecule has 2 rings (SSSR count). The van der Waals surface area contributed by atoms with Crippen LogP contribution in [0.3, 0.4) is 0 Å². The highest BCUT2D eigenvalue weighted by molar-refractivity contribution is 6.00. The third-order valence-corrected chi connectivity index (χ3v) is 3.32. The van der Waals surface area contributed by atoms with Gasteiger partial charge in [-0.2, -0.15) is 0 Å². The zero-order valence-electron chi connectivity index (χ0n) is 12.0. The molecular formula is C17H19NO2. The van der Waals surface area contributed by atoms with Gasteiger partial charge >= 0.3 is 0 Å². The van der Waals surface area contributed by atoms with E-state index in [0.717, 1.165) is 16.7 Å². The molecule has 0 aliphatic heterocycles. The minimum atomic E-state index is -0.496. The Morgan fingerprint density at radius 2 is 1.70 bits per heavy atom. The highest BCUT2D eigenvalue weighted by Crippen LogP contribution is 2.30. The van der Waals surface area contributed by atoms with Crippen molar-refractivity contribution < 1.29 is 10.0 Å². The lowest BCUT2D eigenvalue weighted by Gasteiger charge is -2.21. The van der Waals surface area contributed by atoms with Crippen LogP contribution in [-0.2, 0) is 5.41 Å². The molecule has 3 heteroatoms. The van der Waals surface area contributed by atoms with Gasteiger partial charge in [0.2, 0.25) is 0 Å². The van der Waals surface area contributed by atoms with Crippen molar-refractivity contribution in [2.75, 3.05) is 0 Å². The molecule has 2 aromatic carbocycles. The lowest BCUT2D eigenvalue weighted by atomic mass is 9.84. The molecule has 1 amide bonds. The largest absolute Gasteiger partial charge is 0.288 e. The van der Waals surface area contributed by atoms with Gasteiger partial charge in [0.15, 0.2) is 0 Å². The van der Waals surface area contributed by atoms with Crippen molar-refractivity contribution in [2.45, 2.75) is 26.2 Å². The molecule has 0 heterocycles. The SMILES string of the molecule is CC(C)(C)c1ccc(C(=O)NO)c(-c2ccccc2)c1. The predicted octanol–water partition coefficient (Wildman–Crippen LogP) is 3.77. The van der Waals surface area contributed by atoms with Gasteiger partial charge in [0.05, 0.1) is 0 Å². The highest BCUT2D eigenvalue weighted by Gasteiger charge is 2.18. The zero-order valence-corrected chi connectivity index (χ0v) is 12.0. The van der Waals surface area contributed by atoms with Gasteiger partial charge in [-0.15, -0.1) is 0 Å². The number of hydroxylamine groups is 1. The Morgan fingerprint density at radius 3 is 2.25 bits per heavy atom. The summed E-state index contributed by atoms with van der Waals surface area (Å²) < 4.78 is 0. The molecule has 0 aliphatic rings. The van der Waals surface area contributed by atoms with Crippen molar-refractivity contribution >= 4 is 5.91 Å². The third-order valence-electron chi connectivity index (χ3n) is 3.32. The molecule has 0 aromatic heterocycles. The molecular weight excluding hydrogens is 250 g/mol. The van der Waals surface area contributed by atoms with Crippen molar-refractivity contribution in [3.63, 3.8) is 0 Å². The van der Waals surface area contributed by atoms with Crippen molar-refractivity contribution in [1.29, 1.82) is 0 Å². The Hall–Kier alpha value is -2.13. The first-order valence-electron chi connectivity index (χ1n) is 6.58. The Morgan fingerprint density at radius 1 is 1.05 bits per heavy atom. The predicted molar refractivity (Wildman–Crippen MR) is 79.8 cm³/mol.